The van der Waals surface area contributed by atoms with E-state index in [-0.39, 0.29) is 17.7 Å². The maximum absolute atomic E-state index is 11.9. The number of rotatable bonds is 7. The molecule has 0 bridgehead atoms. The van der Waals surface area contributed by atoms with Crippen molar-refractivity contribution in [3.8, 4) is 0 Å². The van der Waals surface area contributed by atoms with E-state index in [4.69, 9.17) is 0 Å². The summed E-state index contributed by atoms with van der Waals surface area (Å²) in [6.45, 7) is 5.85. The van der Waals surface area contributed by atoms with E-state index in [1.807, 2.05) is 0 Å². The Kier molecular flexibility index (Phi) is 5.83. The zero-order valence-corrected chi connectivity index (χ0v) is 12.5. The van der Waals surface area contributed by atoms with Gasteiger partial charge in [0.2, 0.25) is 11.8 Å². The van der Waals surface area contributed by atoms with Gasteiger partial charge >= 0.3 is 0 Å². The maximum atomic E-state index is 11.9. The summed E-state index contributed by atoms with van der Waals surface area (Å²) in [5.41, 5.74) is 0. The van der Waals surface area contributed by atoms with Crippen molar-refractivity contribution in [2.75, 3.05) is 32.7 Å². The summed E-state index contributed by atoms with van der Waals surface area (Å²) >= 11 is 0. The van der Waals surface area contributed by atoms with Crippen LogP contribution >= 0.6 is 0 Å². The number of hydrogen-bond donors (Lipinski definition) is 2. The molecule has 2 rings (SSSR count). The minimum Gasteiger partial charge on any atom is -0.356 e. The minimum atomic E-state index is 0.130. The molecule has 1 heterocycles. The quantitative estimate of drug-likeness (QED) is 0.724. The standard InChI is InChI=1S/C15H27N3O2/c1-2-7-16-15(20)13-5-8-18(9-6-13)11-14(19)17-10-12-3-4-12/h12-13H,2-11H2,1H3,(H,16,20)(H,17,19). The van der Waals surface area contributed by atoms with Crippen molar-refractivity contribution in [3.63, 3.8) is 0 Å². The first-order valence-electron chi connectivity index (χ1n) is 7.95. The number of carbonyl (C=O) groups excluding carboxylic acids is 2. The molecule has 0 radical (unpaired) electrons. The monoisotopic (exact) mass is 281 g/mol. The zero-order valence-electron chi connectivity index (χ0n) is 12.5. The number of hydrogen-bond acceptors (Lipinski definition) is 3. The molecule has 0 spiro atoms. The van der Waals surface area contributed by atoms with E-state index in [2.05, 4.69) is 22.5 Å². The molecule has 2 aliphatic rings. The first-order chi connectivity index (χ1) is 9.69. The number of likely N-dealkylation sites (tertiary alicyclic amines) is 1. The highest BCUT2D eigenvalue weighted by molar-refractivity contribution is 5.79. The summed E-state index contributed by atoms with van der Waals surface area (Å²) in [6, 6.07) is 0. The Bertz CT molecular complexity index is 334. The van der Waals surface area contributed by atoms with E-state index in [0.717, 1.165) is 51.4 Å². The lowest BCUT2D eigenvalue weighted by atomic mass is 9.96. The van der Waals surface area contributed by atoms with E-state index >= 15 is 0 Å². The SMILES string of the molecule is CCCNC(=O)C1CCN(CC(=O)NCC2CC2)CC1. The molecule has 1 saturated heterocycles. The van der Waals surface area contributed by atoms with Crippen molar-refractivity contribution >= 4 is 11.8 Å². The normalized spacial score (nSPS) is 20.6. The fourth-order valence-corrected chi connectivity index (χ4v) is 2.58. The van der Waals surface area contributed by atoms with Crippen LogP contribution in [0.4, 0.5) is 0 Å². The van der Waals surface area contributed by atoms with Crippen LogP contribution < -0.4 is 10.6 Å². The van der Waals surface area contributed by atoms with Crippen LogP contribution in [-0.4, -0.2) is 49.4 Å². The second kappa shape index (κ2) is 7.62. The molecule has 114 valence electrons. The van der Waals surface area contributed by atoms with Gasteiger partial charge in [0.15, 0.2) is 0 Å². The van der Waals surface area contributed by atoms with E-state index < -0.39 is 0 Å². The molecule has 0 aromatic heterocycles. The van der Waals surface area contributed by atoms with Gasteiger partial charge in [-0.3, -0.25) is 14.5 Å². The summed E-state index contributed by atoms with van der Waals surface area (Å²) in [5.74, 6) is 1.18. The second-order valence-corrected chi connectivity index (χ2v) is 6.09. The molecule has 0 unspecified atom stereocenters. The highest BCUT2D eigenvalue weighted by atomic mass is 16.2. The van der Waals surface area contributed by atoms with Crippen LogP contribution in [0.25, 0.3) is 0 Å². The molecule has 1 aliphatic carbocycles. The van der Waals surface area contributed by atoms with Crippen molar-refractivity contribution in [1.29, 1.82) is 0 Å². The highest BCUT2D eigenvalue weighted by Crippen LogP contribution is 2.27. The summed E-state index contributed by atoms with van der Waals surface area (Å²) < 4.78 is 0. The van der Waals surface area contributed by atoms with Crippen molar-refractivity contribution in [2.45, 2.75) is 39.0 Å². The summed E-state index contributed by atoms with van der Waals surface area (Å²) in [7, 11) is 0. The molecule has 0 aromatic carbocycles. The lowest BCUT2D eigenvalue weighted by Gasteiger charge is -2.30. The Balaban J connectivity index is 1.60. The van der Waals surface area contributed by atoms with Gasteiger partial charge in [0, 0.05) is 19.0 Å². The Morgan fingerprint density at radius 2 is 1.80 bits per heavy atom. The summed E-state index contributed by atoms with van der Waals surface area (Å²) in [6.07, 6.45) is 5.24. The largest absolute Gasteiger partial charge is 0.356 e. The second-order valence-electron chi connectivity index (χ2n) is 6.09. The molecule has 1 saturated carbocycles. The Morgan fingerprint density at radius 3 is 2.40 bits per heavy atom. The van der Waals surface area contributed by atoms with Gasteiger partial charge in [-0.2, -0.15) is 0 Å². The van der Waals surface area contributed by atoms with E-state index in [9.17, 15) is 9.59 Å². The van der Waals surface area contributed by atoms with Crippen LogP contribution in [0, 0.1) is 11.8 Å². The third-order valence-electron chi connectivity index (χ3n) is 4.16. The van der Waals surface area contributed by atoms with Gasteiger partial charge in [-0.15, -0.1) is 0 Å². The average molecular weight is 281 g/mol. The predicted molar refractivity (Wildman–Crippen MR) is 78.2 cm³/mol. The number of carbonyl (C=O) groups is 2. The van der Waals surface area contributed by atoms with Gasteiger partial charge in [0.25, 0.3) is 0 Å². The fraction of sp³-hybridized carbons (Fsp3) is 0.867. The van der Waals surface area contributed by atoms with Gasteiger partial charge in [-0.1, -0.05) is 6.92 Å². The topological polar surface area (TPSA) is 61.4 Å². The zero-order chi connectivity index (χ0) is 14.4. The van der Waals surface area contributed by atoms with Gasteiger partial charge in [0.05, 0.1) is 6.54 Å². The van der Waals surface area contributed by atoms with Crippen LogP contribution in [0.2, 0.25) is 0 Å². The summed E-state index contributed by atoms with van der Waals surface area (Å²) in [5, 5.41) is 5.95. The maximum Gasteiger partial charge on any atom is 0.234 e. The van der Waals surface area contributed by atoms with Gasteiger partial charge < -0.3 is 10.6 Å². The lowest BCUT2D eigenvalue weighted by molar-refractivity contribution is -0.126. The molecule has 5 heteroatoms. The number of nitrogens with zero attached hydrogens (tertiary/aromatic N) is 1. The van der Waals surface area contributed by atoms with Crippen LogP contribution in [0.5, 0.6) is 0 Å². The van der Waals surface area contributed by atoms with Gasteiger partial charge in [-0.25, -0.2) is 0 Å². The molecule has 1 aliphatic heterocycles. The minimum absolute atomic E-state index is 0.130. The molecule has 2 fully saturated rings. The molecule has 5 nitrogen and oxygen atoms in total. The Labute approximate surface area is 121 Å². The van der Waals surface area contributed by atoms with Crippen LogP contribution in [0.1, 0.15) is 39.0 Å². The number of amides is 2. The molecule has 2 N–H and O–H groups in total. The Hall–Kier alpha value is -1.10. The van der Waals surface area contributed by atoms with E-state index in [1.165, 1.54) is 12.8 Å². The molecule has 20 heavy (non-hydrogen) atoms. The van der Waals surface area contributed by atoms with Crippen LogP contribution in [-0.2, 0) is 9.59 Å². The van der Waals surface area contributed by atoms with Gasteiger partial charge in [0.1, 0.15) is 0 Å². The lowest BCUT2D eigenvalue weighted by Crippen LogP contribution is -2.44. The summed E-state index contributed by atoms with van der Waals surface area (Å²) in [4.78, 5) is 25.8. The molecule has 0 atom stereocenters. The molecule has 0 aromatic rings. The van der Waals surface area contributed by atoms with E-state index in [0.29, 0.717) is 6.54 Å². The molecular weight excluding hydrogens is 254 g/mol. The molecular formula is C15H27N3O2. The van der Waals surface area contributed by atoms with Crippen LogP contribution in [0.3, 0.4) is 0 Å². The first kappa shape index (κ1) is 15.3. The van der Waals surface area contributed by atoms with Gasteiger partial charge in [-0.05, 0) is 51.1 Å². The molecule has 2 amide bonds. The van der Waals surface area contributed by atoms with Crippen molar-refractivity contribution in [1.82, 2.24) is 15.5 Å². The van der Waals surface area contributed by atoms with Crippen molar-refractivity contribution < 1.29 is 9.59 Å². The Morgan fingerprint density at radius 1 is 1.10 bits per heavy atom. The first-order valence-corrected chi connectivity index (χ1v) is 7.95. The van der Waals surface area contributed by atoms with Crippen LogP contribution in [0.15, 0.2) is 0 Å². The van der Waals surface area contributed by atoms with E-state index in [1.54, 1.807) is 0 Å². The van der Waals surface area contributed by atoms with Crippen molar-refractivity contribution in [2.24, 2.45) is 11.8 Å². The number of nitrogens with one attached hydrogen (secondary N) is 2. The predicted octanol–water partition coefficient (Wildman–Crippen LogP) is 0.751. The fourth-order valence-electron chi connectivity index (χ4n) is 2.58. The van der Waals surface area contributed by atoms with Crippen molar-refractivity contribution in [3.05, 3.63) is 0 Å². The highest BCUT2D eigenvalue weighted by Gasteiger charge is 2.26. The number of piperidine rings is 1. The third kappa shape index (κ3) is 5.12. The average Bonchev–Trinajstić information content (AvgIpc) is 3.27. The smallest absolute Gasteiger partial charge is 0.234 e. The third-order valence-corrected chi connectivity index (χ3v) is 4.16.